The maximum absolute atomic E-state index is 5.87. The number of aliphatic imine (C=N–C) groups is 1. The lowest BCUT2D eigenvalue weighted by atomic mass is 10.1. The predicted octanol–water partition coefficient (Wildman–Crippen LogP) is 3.50. The van der Waals surface area contributed by atoms with E-state index in [0.29, 0.717) is 50.6 Å². The maximum Gasteiger partial charge on any atom is 0.321 e. The van der Waals surface area contributed by atoms with Crippen LogP contribution in [0.3, 0.4) is 0 Å². The molecule has 2 aromatic carbocycles. The molecule has 1 saturated heterocycles. The summed E-state index contributed by atoms with van der Waals surface area (Å²) in [6, 6.07) is 20.8. The molecule has 5 rings (SSSR count). The van der Waals surface area contributed by atoms with Gasteiger partial charge in [0, 0.05) is 31.4 Å². The Balaban J connectivity index is 1.31. The molecular weight excluding hydrogens is 428 g/mol. The molecule has 8 heteroatoms. The number of morpholine rings is 1. The van der Waals surface area contributed by atoms with Crippen LogP contribution in [0.25, 0.3) is 10.8 Å². The fourth-order valence-corrected chi connectivity index (χ4v) is 3.75. The highest BCUT2D eigenvalue weighted by Gasteiger charge is 2.16. The normalized spacial score (nSPS) is 14.1. The van der Waals surface area contributed by atoms with E-state index in [1.165, 1.54) is 10.8 Å². The number of ether oxygens (including phenoxy) is 2. The van der Waals surface area contributed by atoms with Gasteiger partial charge in [-0.25, -0.2) is 0 Å². The Morgan fingerprint density at radius 2 is 1.79 bits per heavy atom. The predicted molar refractivity (Wildman–Crippen MR) is 132 cm³/mol. The van der Waals surface area contributed by atoms with Gasteiger partial charge >= 0.3 is 6.01 Å². The number of hydrogen-bond donors (Lipinski definition) is 0. The van der Waals surface area contributed by atoms with Gasteiger partial charge in [0.1, 0.15) is 0 Å². The second-order valence-corrected chi connectivity index (χ2v) is 7.95. The zero-order chi connectivity index (χ0) is 23.0. The zero-order valence-electron chi connectivity index (χ0n) is 18.9. The first-order valence-corrected chi connectivity index (χ1v) is 11.4. The molecule has 1 fully saturated rings. The van der Waals surface area contributed by atoms with Crippen molar-refractivity contribution in [2.45, 2.75) is 13.0 Å². The topological polar surface area (TPSA) is 85.6 Å². The standard InChI is InChI=1S/C26H26N6O2/c1-2-6-22-17-20(8-9-21(22)5-1)18-27-19-24-29-25(32-12-15-33-16-13-32)31-26(30-24)34-14-10-23-7-3-4-11-28-23/h1-9,11,17,19H,10,12-16,18H2. The molecule has 1 aliphatic rings. The number of anilines is 1. The molecule has 0 unspecified atom stereocenters. The molecule has 0 saturated carbocycles. The first-order chi connectivity index (χ1) is 16.8. The molecule has 0 spiro atoms. The average molecular weight is 455 g/mol. The molecule has 2 aromatic heterocycles. The second-order valence-electron chi connectivity index (χ2n) is 7.95. The van der Waals surface area contributed by atoms with E-state index in [1.807, 2.05) is 30.3 Å². The van der Waals surface area contributed by atoms with Crippen LogP contribution in [0.5, 0.6) is 6.01 Å². The van der Waals surface area contributed by atoms with E-state index >= 15 is 0 Å². The fourth-order valence-electron chi connectivity index (χ4n) is 3.75. The van der Waals surface area contributed by atoms with Crippen LogP contribution in [0.2, 0.25) is 0 Å². The monoisotopic (exact) mass is 454 g/mol. The van der Waals surface area contributed by atoms with Crippen LogP contribution in [0.1, 0.15) is 17.1 Å². The highest BCUT2D eigenvalue weighted by atomic mass is 16.5. The lowest BCUT2D eigenvalue weighted by Gasteiger charge is -2.26. The number of fused-ring (bicyclic) bond motifs is 1. The number of rotatable bonds is 8. The average Bonchev–Trinajstić information content (AvgIpc) is 2.90. The van der Waals surface area contributed by atoms with Gasteiger partial charge in [0.25, 0.3) is 0 Å². The van der Waals surface area contributed by atoms with E-state index in [4.69, 9.17) is 9.47 Å². The summed E-state index contributed by atoms with van der Waals surface area (Å²) in [7, 11) is 0. The van der Waals surface area contributed by atoms with Gasteiger partial charge in [-0.3, -0.25) is 9.98 Å². The number of nitrogens with zero attached hydrogens (tertiary/aromatic N) is 6. The van der Waals surface area contributed by atoms with E-state index in [0.717, 1.165) is 24.3 Å². The van der Waals surface area contributed by atoms with Crippen molar-refractivity contribution in [2.75, 3.05) is 37.8 Å². The quantitative estimate of drug-likeness (QED) is 0.377. The molecule has 0 amide bonds. The van der Waals surface area contributed by atoms with Crippen molar-refractivity contribution >= 4 is 22.9 Å². The van der Waals surface area contributed by atoms with Gasteiger partial charge in [-0.2, -0.15) is 15.0 Å². The third-order valence-electron chi connectivity index (χ3n) is 5.52. The number of aromatic nitrogens is 4. The molecule has 172 valence electrons. The minimum Gasteiger partial charge on any atom is -0.463 e. The highest BCUT2D eigenvalue weighted by molar-refractivity contribution is 5.83. The van der Waals surface area contributed by atoms with E-state index in [-0.39, 0.29) is 0 Å². The van der Waals surface area contributed by atoms with E-state index < -0.39 is 0 Å². The molecule has 0 radical (unpaired) electrons. The minimum atomic E-state index is 0.291. The third-order valence-corrected chi connectivity index (χ3v) is 5.52. The highest BCUT2D eigenvalue weighted by Crippen LogP contribution is 2.17. The van der Waals surface area contributed by atoms with Crippen molar-refractivity contribution in [3.8, 4) is 6.01 Å². The van der Waals surface area contributed by atoms with E-state index in [2.05, 4.69) is 60.2 Å². The molecule has 0 bridgehead atoms. The van der Waals surface area contributed by atoms with Crippen LogP contribution in [-0.2, 0) is 17.7 Å². The van der Waals surface area contributed by atoms with Crippen LogP contribution >= 0.6 is 0 Å². The van der Waals surface area contributed by atoms with Crippen molar-refractivity contribution in [2.24, 2.45) is 4.99 Å². The maximum atomic E-state index is 5.87. The number of hydrogen-bond acceptors (Lipinski definition) is 8. The summed E-state index contributed by atoms with van der Waals surface area (Å²) < 4.78 is 11.3. The Morgan fingerprint density at radius 3 is 2.65 bits per heavy atom. The van der Waals surface area contributed by atoms with Gasteiger partial charge < -0.3 is 14.4 Å². The summed E-state index contributed by atoms with van der Waals surface area (Å²) in [5.41, 5.74) is 2.09. The largest absolute Gasteiger partial charge is 0.463 e. The zero-order valence-corrected chi connectivity index (χ0v) is 18.9. The van der Waals surface area contributed by atoms with E-state index in [9.17, 15) is 0 Å². The molecule has 3 heterocycles. The van der Waals surface area contributed by atoms with Crippen molar-refractivity contribution in [1.29, 1.82) is 0 Å². The van der Waals surface area contributed by atoms with Crippen LogP contribution < -0.4 is 9.64 Å². The molecule has 1 aliphatic heterocycles. The first-order valence-electron chi connectivity index (χ1n) is 11.4. The minimum absolute atomic E-state index is 0.291. The molecule has 8 nitrogen and oxygen atoms in total. The smallest absolute Gasteiger partial charge is 0.321 e. The van der Waals surface area contributed by atoms with Gasteiger partial charge in [-0.1, -0.05) is 42.5 Å². The van der Waals surface area contributed by atoms with Crippen molar-refractivity contribution in [1.82, 2.24) is 19.9 Å². The third kappa shape index (κ3) is 5.71. The summed E-state index contributed by atoms with van der Waals surface area (Å²) in [5.74, 6) is 1.06. The Bertz CT molecular complexity index is 1260. The Hall–Kier alpha value is -3.91. The Morgan fingerprint density at radius 1 is 0.941 bits per heavy atom. The summed E-state index contributed by atoms with van der Waals surface area (Å²) >= 11 is 0. The van der Waals surface area contributed by atoms with Gasteiger partial charge in [0.05, 0.1) is 32.6 Å². The molecule has 0 atom stereocenters. The van der Waals surface area contributed by atoms with Crippen molar-refractivity contribution in [3.05, 3.63) is 83.9 Å². The Kier molecular flexibility index (Phi) is 6.96. The summed E-state index contributed by atoms with van der Waals surface area (Å²) in [4.78, 5) is 24.6. The van der Waals surface area contributed by atoms with Crippen LogP contribution in [-0.4, -0.2) is 59.1 Å². The SMILES string of the molecule is C(=NCc1ccc2ccccc2c1)c1nc(OCCc2ccccn2)nc(N2CCOCC2)n1. The van der Waals surface area contributed by atoms with Gasteiger partial charge in [0.2, 0.25) is 5.95 Å². The molecule has 34 heavy (non-hydrogen) atoms. The van der Waals surface area contributed by atoms with Gasteiger partial charge in [-0.05, 0) is 34.5 Å². The molecule has 4 aromatic rings. The van der Waals surface area contributed by atoms with Crippen LogP contribution in [0, 0.1) is 0 Å². The first kappa shape index (κ1) is 21.9. The molecular formula is C26H26N6O2. The lowest BCUT2D eigenvalue weighted by Crippen LogP contribution is -2.37. The number of pyridine rings is 1. The second kappa shape index (κ2) is 10.8. The van der Waals surface area contributed by atoms with Gasteiger partial charge in [0.15, 0.2) is 5.82 Å². The van der Waals surface area contributed by atoms with Gasteiger partial charge in [-0.15, -0.1) is 0 Å². The summed E-state index contributed by atoms with van der Waals surface area (Å²) in [6.07, 6.45) is 4.14. The fraction of sp³-hybridized carbons (Fsp3) is 0.269. The van der Waals surface area contributed by atoms with E-state index in [1.54, 1.807) is 12.4 Å². The molecule has 0 aliphatic carbocycles. The van der Waals surface area contributed by atoms with Crippen LogP contribution in [0.15, 0.2) is 71.9 Å². The Labute approximate surface area is 198 Å². The van der Waals surface area contributed by atoms with Crippen molar-refractivity contribution in [3.63, 3.8) is 0 Å². The summed E-state index contributed by atoms with van der Waals surface area (Å²) in [5, 5.41) is 2.42. The van der Waals surface area contributed by atoms with Crippen LogP contribution in [0.4, 0.5) is 5.95 Å². The number of benzene rings is 2. The molecule has 0 N–H and O–H groups in total. The lowest BCUT2D eigenvalue weighted by molar-refractivity contribution is 0.122. The van der Waals surface area contributed by atoms with Crippen molar-refractivity contribution < 1.29 is 9.47 Å². The summed E-state index contributed by atoms with van der Waals surface area (Å²) in [6.45, 7) is 3.71.